The molecule has 2 aromatic rings. The number of benzene rings is 1. The highest BCUT2D eigenvalue weighted by atomic mass is 19.4. The smallest absolute Gasteiger partial charge is 0.416 e. The summed E-state index contributed by atoms with van der Waals surface area (Å²) in [6.07, 6.45) is -3.24. The lowest BCUT2D eigenvalue weighted by molar-refractivity contribution is -0.137. The Balaban J connectivity index is 2.43. The Kier molecular flexibility index (Phi) is 3.97. The maximum atomic E-state index is 12.5. The van der Waals surface area contributed by atoms with E-state index in [9.17, 15) is 18.0 Å². The van der Waals surface area contributed by atoms with Gasteiger partial charge in [-0.25, -0.2) is 14.5 Å². The average molecular weight is 299 g/mol. The molecule has 0 atom stereocenters. The Morgan fingerprint density at radius 1 is 1.29 bits per heavy atom. The van der Waals surface area contributed by atoms with Crippen molar-refractivity contribution in [1.29, 1.82) is 0 Å². The van der Waals surface area contributed by atoms with E-state index in [-0.39, 0.29) is 5.82 Å². The van der Waals surface area contributed by atoms with Gasteiger partial charge in [-0.2, -0.15) is 13.2 Å². The first kappa shape index (κ1) is 15.0. The second-order valence-electron chi connectivity index (χ2n) is 4.36. The van der Waals surface area contributed by atoms with Crippen LogP contribution in [0.4, 0.5) is 13.2 Å². The molecule has 0 fully saturated rings. The molecule has 0 saturated heterocycles. The third-order valence-corrected chi connectivity index (χ3v) is 2.78. The molecule has 0 spiro atoms. The Hall–Kier alpha value is -2.38. The molecule has 1 aromatic heterocycles. The van der Waals surface area contributed by atoms with Gasteiger partial charge in [0.05, 0.1) is 11.3 Å². The van der Waals surface area contributed by atoms with Gasteiger partial charge in [0, 0.05) is 6.42 Å². The maximum absolute atomic E-state index is 12.5. The molecule has 0 aliphatic carbocycles. The fourth-order valence-electron chi connectivity index (χ4n) is 1.82. The summed E-state index contributed by atoms with van der Waals surface area (Å²) in [4.78, 5) is 14.8. The van der Waals surface area contributed by atoms with E-state index in [1.807, 2.05) is 6.92 Å². The zero-order chi connectivity index (χ0) is 15.6. The number of halogens is 3. The van der Waals surface area contributed by atoms with Crippen LogP contribution < -0.4 is 0 Å². The highest BCUT2D eigenvalue weighted by Crippen LogP contribution is 2.29. The Labute approximate surface area is 118 Å². The van der Waals surface area contributed by atoms with Crippen LogP contribution >= 0.6 is 0 Å². The highest BCUT2D eigenvalue weighted by molar-refractivity contribution is 5.83. The summed E-state index contributed by atoms with van der Waals surface area (Å²) in [5.41, 5.74) is -0.437. The third kappa shape index (κ3) is 3.21. The van der Waals surface area contributed by atoms with Crippen LogP contribution in [0.3, 0.4) is 0 Å². The number of carboxylic acid groups (broad SMARTS) is 1. The summed E-state index contributed by atoms with van der Waals surface area (Å²) >= 11 is 0. The van der Waals surface area contributed by atoms with Crippen LogP contribution in [0.1, 0.15) is 35.4 Å². The lowest BCUT2D eigenvalue weighted by Gasteiger charge is -2.08. The normalized spacial score (nSPS) is 11.6. The standard InChI is InChI=1S/C13H12F3N3O2/c1-2-3-10-17-11(12(20)21)18-19(10)9-6-4-8(5-7-9)13(14,15)16/h4-7H,2-3H2,1H3,(H,20,21). The molecule has 0 amide bonds. The molecule has 0 bridgehead atoms. The van der Waals surface area contributed by atoms with Gasteiger partial charge in [-0.05, 0) is 30.7 Å². The third-order valence-electron chi connectivity index (χ3n) is 2.78. The van der Waals surface area contributed by atoms with E-state index in [0.29, 0.717) is 24.4 Å². The van der Waals surface area contributed by atoms with Crippen molar-refractivity contribution in [1.82, 2.24) is 14.8 Å². The molecule has 112 valence electrons. The van der Waals surface area contributed by atoms with E-state index in [2.05, 4.69) is 10.1 Å². The number of carboxylic acids is 1. The minimum atomic E-state index is -4.42. The zero-order valence-electron chi connectivity index (χ0n) is 11.1. The summed E-state index contributed by atoms with van der Waals surface area (Å²) in [7, 11) is 0. The van der Waals surface area contributed by atoms with E-state index < -0.39 is 17.7 Å². The first-order chi connectivity index (χ1) is 9.82. The van der Waals surface area contributed by atoms with Gasteiger partial charge in [0.2, 0.25) is 0 Å². The van der Waals surface area contributed by atoms with Gasteiger partial charge in [0.1, 0.15) is 5.82 Å². The molecule has 1 heterocycles. The van der Waals surface area contributed by atoms with E-state index in [4.69, 9.17) is 5.11 Å². The first-order valence-corrected chi connectivity index (χ1v) is 6.19. The molecule has 0 unspecified atom stereocenters. The minimum absolute atomic E-state index is 0.339. The zero-order valence-corrected chi connectivity index (χ0v) is 11.1. The number of alkyl halides is 3. The van der Waals surface area contributed by atoms with Crippen molar-refractivity contribution in [2.24, 2.45) is 0 Å². The van der Waals surface area contributed by atoms with Gasteiger partial charge < -0.3 is 5.11 Å². The Morgan fingerprint density at radius 3 is 2.38 bits per heavy atom. The lowest BCUT2D eigenvalue weighted by atomic mass is 10.2. The van der Waals surface area contributed by atoms with Gasteiger partial charge >= 0.3 is 12.1 Å². The quantitative estimate of drug-likeness (QED) is 0.942. The van der Waals surface area contributed by atoms with Gasteiger partial charge in [-0.1, -0.05) is 6.92 Å². The van der Waals surface area contributed by atoms with E-state index in [1.165, 1.54) is 16.8 Å². The van der Waals surface area contributed by atoms with Crippen molar-refractivity contribution in [2.45, 2.75) is 25.9 Å². The van der Waals surface area contributed by atoms with Crippen LogP contribution in [0.5, 0.6) is 0 Å². The molecule has 0 radical (unpaired) electrons. The number of nitrogens with zero attached hydrogens (tertiary/aromatic N) is 3. The topological polar surface area (TPSA) is 68.0 Å². The molecule has 1 N–H and O–H groups in total. The fraction of sp³-hybridized carbons (Fsp3) is 0.308. The molecule has 8 heteroatoms. The summed E-state index contributed by atoms with van der Waals surface area (Å²) in [6.45, 7) is 1.88. The number of hydrogen-bond donors (Lipinski definition) is 1. The van der Waals surface area contributed by atoms with Crippen LogP contribution in [-0.2, 0) is 12.6 Å². The largest absolute Gasteiger partial charge is 0.475 e. The SMILES string of the molecule is CCCc1nc(C(=O)O)nn1-c1ccc(C(F)(F)F)cc1. The average Bonchev–Trinajstić information content (AvgIpc) is 2.83. The van der Waals surface area contributed by atoms with Crippen LogP contribution in [0.25, 0.3) is 5.69 Å². The molecule has 21 heavy (non-hydrogen) atoms. The van der Waals surface area contributed by atoms with Gasteiger partial charge in [-0.15, -0.1) is 5.10 Å². The van der Waals surface area contributed by atoms with Crippen LogP contribution in [0, 0.1) is 0 Å². The predicted octanol–water partition coefficient (Wildman–Crippen LogP) is 2.94. The van der Waals surface area contributed by atoms with Crippen molar-refractivity contribution < 1.29 is 23.1 Å². The molecule has 0 saturated carbocycles. The summed E-state index contributed by atoms with van der Waals surface area (Å²) in [5, 5.41) is 12.7. The molecule has 0 aliphatic rings. The molecule has 1 aromatic carbocycles. The van der Waals surface area contributed by atoms with Gasteiger partial charge in [-0.3, -0.25) is 0 Å². The first-order valence-electron chi connectivity index (χ1n) is 6.19. The number of aromatic carboxylic acids is 1. The summed E-state index contributed by atoms with van der Waals surface area (Å²) < 4.78 is 38.8. The van der Waals surface area contributed by atoms with Crippen molar-refractivity contribution in [3.8, 4) is 5.69 Å². The van der Waals surface area contributed by atoms with Crippen molar-refractivity contribution in [2.75, 3.05) is 0 Å². The fourth-order valence-corrected chi connectivity index (χ4v) is 1.82. The van der Waals surface area contributed by atoms with Crippen molar-refractivity contribution in [3.05, 3.63) is 41.5 Å². The maximum Gasteiger partial charge on any atom is 0.416 e. The molecular formula is C13H12F3N3O2. The van der Waals surface area contributed by atoms with Crippen molar-refractivity contribution >= 4 is 5.97 Å². The number of hydrogen-bond acceptors (Lipinski definition) is 3. The summed E-state index contributed by atoms with van der Waals surface area (Å²) in [6, 6.07) is 4.32. The molecular weight excluding hydrogens is 287 g/mol. The van der Waals surface area contributed by atoms with Crippen LogP contribution in [0.15, 0.2) is 24.3 Å². The monoisotopic (exact) mass is 299 g/mol. The molecule has 2 rings (SSSR count). The van der Waals surface area contributed by atoms with Gasteiger partial charge in [0.25, 0.3) is 5.82 Å². The second kappa shape index (κ2) is 5.55. The summed E-state index contributed by atoms with van der Waals surface area (Å²) in [5.74, 6) is -1.26. The van der Waals surface area contributed by atoms with E-state index >= 15 is 0 Å². The van der Waals surface area contributed by atoms with E-state index in [1.54, 1.807) is 0 Å². The Bertz CT molecular complexity index is 648. The number of aryl methyl sites for hydroxylation is 1. The number of carbonyl (C=O) groups is 1. The predicted molar refractivity (Wildman–Crippen MR) is 67.3 cm³/mol. The molecule has 0 aliphatic heterocycles. The van der Waals surface area contributed by atoms with Crippen LogP contribution in [0.2, 0.25) is 0 Å². The highest BCUT2D eigenvalue weighted by Gasteiger charge is 2.30. The minimum Gasteiger partial charge on any atom is -0.475 e. The lowest BCUT2D eigenvalue weighted by Crippen LogP contribution is -2.07. The van der Waals surface area contributed by atoms with Crippen LogP contribution in [-0.4, -0.2) is 25.8 Å². The number of rotatable bonds is 4. The van der Waals surface area contributed by atoms with E-state index in [0.717, 1.165) is 12.1 Å². The van der Waals surface area contributed by atoms with Crippen molar-refractivity contribution in [3.63, 3.8) is 0 Å². The second-order valence-corrected chi connectivity index (χ2v) is 4.36. The van der Waals surface area contributed by atoms with Gasteiger partial charge in [0.15, 0.2) is 0 Å². The Morgan fingerprint density at radius 2 is 1.90 bits per heavy atom. The number of aromatic nitrogens is 3. The molecule has 5 nitrogen and oxygen atoms in total.